The highest BCUT2D eigenvalue weighted by molar-refractivity contribution is 5.85. The average molecular weight is 339 g/mol. The molecule has 0 radical (unpaired) electrons. The SMILES string of the molecule is CCn1ncc(C)c1C1CC(c2c(C)noc2C)=Cc2[nH]c(=O)[nH]c21. The maximum Gasteiger partial charge on any atom is 0.323 e. The molecule has 7 heteroatoms. The molecule has 0 saturated heterocycles. The molecule has 4 rings (SSSR count). The number of hydrogen-bond donors (Lipinski definition) is 2. The molecule has 1 unspecified atom stereocenters. The quantitative estimate of drug-likeness (QED) is 0.767. The van der Waals surface area contributed by atoms with Crippen LogP contribution in [0.3, 0.4) is 0 Å². The Hall–Kier alpha value is -2.83. The van der Waals surface area contributed by atoms with Crippen molar-refractivity contribution < 1.29 is 4.52 Å². The van der Waals surface area contributed by atoms with E-state index in [1.165, 1.54) is 0 Å². The van der Waals surface area contributed by atoms with Gasteiger partial charge < -0.3 is 14.5 Å². The first-order valence-electron chi connectivity index (χ1n) is 8.47. The Morgan fingerprint density at radius 1 is 1.32 bits per heavy atom. The fourth-order valence-corrected chi connectivity index (χ4v) is 3.90. The topological polar surface area (TPSA) is 92.5 Å². The Kier molecular flexibility index (Phi) is 3.52. The first-order chi connectivity index (χ1) is 12.0. The fourth-order valence-electron chi connectivity index (χ4n) is 3.90. The Morgan fingerprint density at radius 2 is 2.12 bits per heavy atom. The maximum atomic E-state index is 11.9. The molecule has 0 aliphatic heterocycles. The highest BCUT2D eigenvalue weighted by atomic mass is 16.5. The lowest BCUT2D eigenvalue weighted by molar-refractivity contribution is 0.393. The van der Waals surface area contributed by atoms with E-state index in [9.17, 15) is 4.79 Å². The van der Waals surface area contributed by atoms with Crippen molar-refractivity contribution in [2.75, 3.05) is 0 Å². The van der Waals surface area contributed by atoms with E-state index in [1.54, 1.807) is 0 Å². The molecule has 3 aromatic heterocycles. The summed E-state index contributed by atoms with van der Waals surface area (Å²) in [6.45, 7) is 8.78. The number of aryl methyl sites for hydroxylation is 4. The molecule has 0 bridgehead atoms. The fraction of sp³-hybridized carbons (Fsp3) is 0.389. The number of fused-ring (bicyclic) bond motifs is 1. The first kappa shape index (κ1) is 15.7. The first-order valence-corrected chi connectivity index (χ1v) is 8.47. The number of nitrogens with zero attached hydrogens (tertiary/aromatic N) is 3. The molecule has 3 heterocycles. The predicted molar refractivity (Wildman–Crippen MR) is 94.4 cm³/mol. The van der Waals surface area contributed by atoms with Gasteiger partial charge >= 0.3 is 5.69 Å². The van der Waals surface area contributed by atoms with Gasteiger partial charge in [-0.15, -0.1) is 0 Å². The van der Waals surface area contributed by atoms with E-state index in [0.29, 0.717) is 0 Å². The summed E-state index contributed by atoms with van der Waals surface area (Å²) in [6, 6.07) is 0. The van der Waals surface area contributed by atoms with E-state index in [2.05, 4.69) is 34.1 Å². The van der Waals surface area contributed by atoms with Crippen LogP contribution in [0.5, 0.6) is 0 Å². The Morgan fingerprint density at radius 3 is 2.80 bits per heavy atom. The minimum absolute atomic E-state index is 0.0325. The zero-order valence-corrected chi connectivity index (χ0v) is 14.8. The van der Waals surface area contributed by atoms with Crippen LogP contribution >= 0.6 is 0 Å². The molecular weight excluding hydrogens is 318 g/mol. The molecule has 7 nitrogen and oxygen atoms in total. The van der Waals surface area contributed by atoms with Gasteiger partial charge in [-0.05, 0) is 51.3 Å². The lowest BCUT2D eigenvalue weighted by atomic mass is 9.82. The van der Waals surface area contributed by atoms with Gasteiger partial charge in [0.2, 0.25) is 0 Å². The van der Waals surface area contributed by atoms with Gasteiger partial charge in [-0.2, -0.15) is 5.10 Å². The van der Waals surface area contributed by atoms with Crippen molar-refractivity contribution in [3.05, 3.63) is 56.3 Å². The van der Waals surface area contributed by atoms with E-state index in [4.69, 9.17) is 4.52 Å². The van der Waals surface area contributed by atoms with Gasteiger partial charge in [-0.25, -0.2) is 4.79 Å². The predicted octanol–water partition coefficient (Wildman–Crippen LogP) is 2.91. The van der Waals surface area contributed by atoms with Crippen LogP contribution in [-0.4, -0.2) is 24.9 Å². The molecule has 0 fully saturated rings. The third-order valence-electron chi connectivity index (χ3n) is 4.93. The summed E-state index contributed by atoms with van der Waals surface area (Å²) in [5.74, 6) is 0.828. The molecular formula is C18H21N5O2. The lowest BCUT2D eigenvalue weighted by Gasteiger charge is -2.24. The van der Waals surface area contributed by atoms with Gasteiger partial charge in [0.05, 0.1) is 29.0 Å². The molecule has 1 aliphatic rings. The number of allylic oxidation sites excluding steroid dienone is 1. The van der Waals surface area contributed by atoms with Gasteiger partial charge in [-0.1, -0.05) is 5.16 Å². The van der Waals surface area contributed by atoms with Gasteiger partial charge in [-0.3, -0.25) is 4.68 Å². The number of aromatic nitrogens is 5. The summed E-state index contributed by atoms with van der Waals surface area (Å²) < 4.78 is 7.35. The third-order valence-corrected chi connectivity index (χ3v) is 4.93. The minimum Gasteiger partial charge on any atom is -0.361 e. The van der Waals surface area contributed by atoms with Crippen molar-refractivity contribution in [3.8, 4) is 0 Å². The zero-order valence-electron chi connectivity index (χ0n) is 14.8. The van der Waals surface area contributed by atoms with Gasteiger partial charge in [0.1, 0.15) is 5.76 Å². The number of aromatic amines is 2. The smallest absolute Gasteiger partial charge is 0.323 e. The summed E-state index contributed by atoms with van der Waals surface area (Å²) in [4.78, 5) is 17.8. The second-order valence-corrected chi connectivity index (χ2v) is 6.56. The zero-order chi connectivity index (χ0) is 17.7. The molecule has 0 amide bonds. The summed E-state index contributed by atoms with van der Waals surface area (Å²) >= 11 is 0. The van der Waals surface area contributed by atoms with Crippen molar-refractivity contribution in [1.29, 1.82) is 0 Å². The Labute approximate surface area is 144 Å². The molecule has 1 atom stereocenters. The second-order valence-electron chi connectivity index (χ2n) is 6.56. The monoisotopic (exact) mass is 339 g/mol. The van der Waals surface area contributed by atoms with Crippen LogP contribution in [0, 0.1) is 20.8 Å². The molecule has 3 aromatic rings. The van der Waals surface area contributed by atoms with Crippen molar-refractivity contribution >= 4 is 11.6 Å². The number of nitrogens with one attached hydrogen (secondary N) is 2. The van der Waals surface area contributed by atoms with Crippen LogP contribution in [0.25, 0.3) is 11.6 Å². The highest BCUT2D eigenvalue weighted by Gasteiger charge is 2.31. The molecule has 1 aliphatic carbocycles. The maximum absolute atomic E-state index is 11.9. The second kappa shape index (κ2) is 5.61. The number of rotatable bonds is 3. The van der Waals surface area contributed by atoms with E-state index in [-0.39, 0.29) is 11.6 Å². The summed E-state index contributed by atoms with van der Waals surface area (Å²) in [7, 11) is 0. The van der Waals surface area contributed by atoms with Crippen LogP contribution in [-0.2, 0) is 6.54 Å². The number of hydrogen-bond acceptors (Lipinski definition) is 4. The van der Waals surface area contributed by atoms with E-state index < -0.39 is 0 Å². The van der Waals surface area contributed by atoms with Crippen molar-refractivity contribution in [2.45, 2.75) is 46.6 Å². The number of imidazole rings is 1. The largest absolute Gasteiger partial charge is 0.361 e. The van der Waals surface area contributed by atoms with Gasteiger partial charge in [0.15, 0.2) is 0 Å². The molecule has 2 N–H and O–H groups in total. The van der Waals surface area contributed by atoms with Crippen LogP contribution in [0.4, 0.5) is 0 Å². The summed E-state index contributed by atoms with van der Waals surface area (Å²) in [5, 5.41) is 8.55. The number of H-pyrrole nitrogens is 2. The standard InChI is InChI=1S/C18H21N5O2/c1-5-23-17(9(2)8-19-23)13-6-12(15-10(3)22-25-11(15)4)7-14-16(13)21-18(24)20-14/h7-8,13H,5-6H2,1-4H3,(H2,20,21,24). The lowest BCUT2D eigenvalue weighted by Crippen LogP contribution is -2.15. The minimum atomic E-state index is -0.188. The van der Waals surface area contributed by atoms with E-state index in [1.807, 2.05) is 30.8 Å². The summed E-state index contributed by atoms with van der Waals surface area (Å²) in [5.41, 5.74) is 6.82. The van der Waals surface area contributed by atoms with Gasteiger partial charge in [0.25, 0.3) is 0 Å². The third kappa shape index (κ3) is 2.38. The highest BCUT2D eigenvalue weighted by Crippen LogP contribution is 2.42. The van der Waals surface area contributed by atoms with Crippen LogP contribution < -0.4 is 5.69 Å². The molecule has 130 valence electrons. The molecule has 25 heavy (non-hydrogen) atoms. The Bertz CT molecular complexity index is 1010. The van der Waals surface area contributed by atoms with Crippen LogP contribution in [0.2, 0.25) is 0 Å². The normalized spacial score (nSPS) is 16.8. The van der Waals surface area contributed by atoms with E-state index in [0.717, 1.165) is 58.2 Å². The van der Waals surface area contributed by atoms with Crippen molar-refractivity contribution in [1.82, 2.24) is 24.9 Å². The van der Waals surface area contributed by atoms with Crippen molar-refractivity contribution in [3.63, 3.8) is 0 Å². The van der Waals surface area contributed by atoms with Crippen LogP contribution in [0.1, 0.15) is 58.9 Å². The van der Waals surface area contributed by atoms with Crippen molar-refractivity contribution in [2.24, 2.45) is 0 Å². The molecule has 0 saturated carbocycles. The van der Waals surface area contributed by atoms with Gasteiger partial charge in [0, 0.05) is 18.0 Å². The Balaban J connectivity index is 1.91. The van der Waals surface area contributed by atoms with E-state index >= 15 is 0 Å². The molecule has 0 spiro atoms. The summed E-state index contributed by atoms with van der Waals surface area (Å²) in [6.07, 6.45) is 4.67. The average Bonchev–Trinajstić information content (AvgIpc) is 3.23. The van der Waals surface area contributed by atoms with Crippen LogP contribution in [0.15, 0.2) is 15.5 Å². The molecule has 0 aromatic carbocycles.